The number of Topliss-reactive ketones (excluding diaryl/α,β-unsaturated/α-hetero) is 1. The van der Waals surface area contributed by atoms with Crippen molar-refractivity contribution < 1.29 is 15.0 Å². The average molecular weight is 302 g/mol. The molecule has 1 fully saturated rings. The van der Waals surface area contributed by atoms with Crippen LogP contribution in [0.5, 0.6) is 5.75 Å². The molecule has 1 aromatic rings. The third-order valence-corrected chi connectivity index (χ3v) is 6.38. The van der Waals surface area contributed by atoms with Crippen molar-refractivity contribution in [3.05, 3.63) is 28.8 Å². The van der Waals surface area contributed by atoms with Crippen LogP contribution >= 0.6 is 0 Å². The minimum atomic E-state index is -0.0867. The average Bonchev–Trinajstić information content (AvgIpc) is 2.47. The summed E-state index contributed by atoms with van der Waals surface area (Å²) in [5, 5.41) is 20.5. The molecule has 2 aliphatic rings. The van der Waals surface area contributed by atoms with Crippen LogP contribution in [-0.4, -0.2) is 22.6 Å². The van der Waals surface area contributed by atoms with Gasteiger partial charge in [0.25, 0.3) is 0 Å². The van der Waals surface area contributed by atoms with Crippen LogP contribution in [-0.2, 0) is 11.8 Å². The number of ketones is 1. The molecule has 0 saturated heterocycles. The Morgan fingerprint density at radius 3 is 2.68 bits per heavy atom. The Hall–Kier alpha value is -1.35. The monoisotopic (exact) mass is 302 g/mol. The van der Waals surface area contributed by atoms with E-state index in [1.165, 1.54) is 12.5 Å². The van der Waals surface area contributed by atoms with Gasteiger partial charge < -0.3 is 10.2 Å². The van der Waals surface area contributed by atoms with Gasteiger partial charge in [-0.1, -0.05) is 26.3 Å². The Morgan fingerprint density at radius 1 is 1.32 bits per heavy atom. The minimum absolute atomic E-state index is 0.0177. The van der Waals surface area contributed by atoms with Crippen molar-refractivity contribution >= 4 is 5.78 Å². The summed E-state index contributed by atoms with van der Waals surface area (Å²) in [7, 11) is 0. The number of hydrogen-bond acceptors (Lipinski definition) is 3. The number of carbonyl (C=O) groups is 1. The molecule has 1 aromatic carbocycles. The second-order valence-corrected chi connectivity index (χ2v) is 7.72. The second kappa shape index (κ2) is 5.09. The summed E-state index contributed by atoms with van der Waals surface area (Å²) in [5.41, 5.74) is 2.51. The van der Waals surface area contributed by atoms with Gasteiger partial charge in [0.15, 0.2) is 5.78 Å². The van der Waals surface area contributed by atoms with Crippen LogP contribution < -0.4 is 0 Å². The van der Waals surface area contributed by atoms with Crippen molar-refractivity contribution in [2.75, 3.05) is 6.61 Å². The molecule has 3 nitrogen and oxygen atoms in total. The van der Waals surface area contributed by atoms with Crippen LogP contribution in [0, 0.1) is 11.3 Å². The van der Waals surface area contributed by atoms with Gasteiger partial charge in [-0.05, 0) is 66.5 Å². The smallest absolute Gasteiger partial charge is 0.163 e. The standard InChI is InChI=1S/C19H26O3/c1-12(21)13-5-7-15-14(17(13)22)6-8-16-18(2,11-20)9-4-10-19(15,16)3/h5,7,16,20,22H,4,6,8-11H2,1-3H3/t16-,18-,19+/m0/s1. The fraction of sp³-hybridized carbons (Fsp3) is 0.632. The molecule has 0 heterocycles. The maximum Gasteiger partial charge on any atom is 0.163 e. The van der Waals surface area contributed by atoms with Gasteiger partial charge in [0.2, 0.25) is 0 Å². The molecular weight excluding hydrogens is 276 g/mol. The molecule has 2 N–H and O–H groups in total. The Kier molecular flexibility index (Phi) is 3.59. The summed E-state index contributed by atoms with van der Waals surface area (Å²) < 4.78 is 0. The first kappa shape index (κ1) is 15.5. The molecule has 0 bridgehead atoms. The van der Waals surface area contributed by atoms with Gasteiger partial charge in [0.1, 0.15) is 5.75 Å². The van der Waals surface area contributed by atoms with E-state index in [-0.39, 0.29) is 29.0 Å². The molecule has 120 valence electrons. The highest BCUT2D eigenvalue weighted by atomic mass is 16.3. The van der Waals surface area contributed by atoms with Crippen molar-refractivity contribution in [1.29, 1.82) is 0 Å². The lowest BCUT2D eigenvalue weighted by molar-refractivity contribution is -0.0181. The number of aliphatic hydroxyl groups excluding tert-OH is 1. The fourth-order valence-corrected chi connectivity index (χ4v) is 5.15. The number of fused-ring (bicyclic) bond motifs is 3. The lowest BCUT2D eigenvalue weighted by Gasteiger charge is -2.55. The summed E-state index contributed by atoms with van der Waals surface area (Å²) in [6.45, 7) is 6.19. The fourth-order valence-electron chi connectivity index (χ4n) is 5.15. The van der Waals surface area contributed by atoms with Crippen molar-refractivity contribution in [2.45, 2.75) is 58.3 Å². The topological polar surface area (TPSA) is 57.5 Å². The summed E-state index contributed by atoms with van der Waals surface area (Å²) in [6, 6.07) is 3.82. The SMILES string of the molecule is CC(=O)c1ccc2c(c1O)CC[C@H]1[C@](C)(CO)CCC[C@]21C. The van der Waals surface area contributed by atoms with E-state index in [9.17, 15) is 15.0 Å². The maximum absolute atomic E-state index is 11.7. The third kappa shape index (κ3) is 2.02. The summed E-state index contributed by atoms with van der Waals surface area (Å²) in [6.07, 6.45) is 5.00. The van der Waals surface area contributed by atoms with E-state index in [1.807, 2.05) is 6.07 Å². The number of aromatic hydroxyl groups is 1. The highest BCUT2D eigenvalue weighted by Crippen LogP contribution is 2.58. The Labute approximate surface area is 132 Å². The van der Waals surface area contributed by atoms with E-state index in [0.29, 0.717) is 11.5 Å². The van der Waals surface area contributed by atoms with Crippen LogP contribution in [0.25, 0.3) is 0 Å². The van der Waals surface area contributed by atoms with E-state index >= 15 is 0 Å². The molecule has 0 amide bonds. The Bertz CT molecular complexity index is 621. The molecule has 0 spiro atoms. The quantitative estimate of drug-likeness (QED) is 0.821. The van der Waals surface area contributed by atoms with E-state index in [0.717, 1.165) is 37.7 Å². The lowest BCUT2D eigenvalue weighted by atomic mass is 9.50. The van der Waals surface area contributed by atoms with Gasteiger partial charge in [-0.2, -0.15) is 0 Å². The molecule has 0 aromatic heterocycles. The first-order valence-electron chi connectivity index (χ1n) is 8.30. The highest BCUT2D eigenvalue weighted by molar-refractivity contribution is 5.97. The maximum atomic E-state index is 11.7. The molecule has 0 radical (unpaired) electrons. The zero-order valence-corrected chi connectivity index (χ0v) is 13.8. The van der Waals surface area contributed by atoms with Crippen LogP contribution in [0.2, 0.25) is 0 Å². The van der Waals surface area contributed by atoms with Gasteiger partial charge in [-0.3, -0.25) is 4.79 Å². The van der Waals surface area contributed by atoms with Crippen molar-refractivity contribution in [2.24, 2.45) is 11.3 Å². The predicted molar refractivity (Wildman–Crippen MR) is 86.3 cm³/mol. The molecule has 22 heavy (non-hydrogen) atoms. The molecule has 2 aliphatic carbocycles. The first-order valence-corrected chi connectivity index (χ1v) is 8.30. The number of phenolic OH excluding ortho intramolecular Hbond substituents is 1. The minimum Gasteiger partial charge on any atom is -0.507 e. The van der Waals surface area contributed by atoms with Gasteiger partial charge >= 0.3 is 0 Å². The molecule has 1 saturated carbocycles. The van der Waals surface area contributed by atoms with E-state index in [4.69, 9.17) is 0 Å². The van der Waals surface area contributed by atoms with Gasteiger partial charge in [0, 0.05) is 6.61 Å². The number of aliphatic hydroxyl groups is 1. The van der Waals surface area contributed by atoms with Crippen molar-refractivity contribution in [1.82, 2.24) is 0 Å². The number of carbonyl (C=O) groups excluding carboxylic acids is 1. The normalized spacial score (nSPS) is 33.9. The van der Waals surface area contributed by atoms with E-state index < -0.39 is 0 Å². The van der Waals surface area contributed by atoms with Crippen molar-refractivity contribution in [3.63, 3.8) is 0 Å². The van der Waals surface area contributed by atoms with Crippen LogP contribution in [0.3, 0.4) is 0 Å². The Balaban J connectivity index is 2.14. The Morgan fingerprint density at radius 2 is 2.05 bits per heavy atom. The summed E-state index contributed by atoms with van der Waals surface area (Å²) >= 11 is 0. The number of rotatable bonds is 2. The number of hydrogen-bond donors (Lipinski definition) is 2. The molecule has 3 heteroatoms. The van der Waals surface area contributed by atoms with Gasteiger partial charge in [-0.15, -0.1) is 0 Å². The first-order chi connectivity index (χ1) is 10.3. The molecule has 3 rings (SSSR count). The van der Waals surface area contributed by atoms with Crippen LogP contribution in [0.15, 0.2) is 12.1 Å². The summed E-state index contributed by atoms with van der Waals surface area (Å²) in [4.78, 5) is 11.7. The number of benzene rings is 1. The molecule has 0 unspecified atom stereocenters. The van der Waals surface area contributed by atoms with Crippen LogP contribution in [0.4, 0.5) is 0 Å². The van der Waals surface area contributed by atoms with E-state index in [2.05, 4.69) is 13.8 Å². The second-order valence-electron chi connectivity index (χ2n) is 7.72. The zero-order valence-electron chi connectivity index (χ0n) is 13.8. The highest BCUT2D eigenvalue weighted by Gasteiger charge is 2.51. The lowest BCUT2D eigenvalue weighted by Crippen LogP contribution is -2.50. The molecule has 0 aliphatic heterocycles. The third-order valence-electron chi connectivity index (χ3n) is 6.38. The van der Waals surface area contributed by atoms with Crippen LogP contribution in [0.1, 0.15) is 67.9 Å². The van der Waals surface area contributed by atoms with E-state index in [1.54, 1.807) is 6.07 Å². The van der Waals surface area contributed by atoms with Crippen molar-refractivity contribution in [3.8, 4) is 5.75 Å². The largest absolute Gasteiger partial charge is 0.507 e. The molecular formula is C19H26O3. The molecule has 3 atom stereocenters. The zero-order chi connectivity index (χ0) is 16.1. The van der Waals surface area contributed by atoms with Gasteiger partial charge in [0.05, 0.1) is 5.56 Å². The number of phenols is 1. The van der Waals surface area contributed by atoms with Gasteiger partial charge in [-0.25, -0.2) is 0 Å². The predicted octanol–water partition coefficient (Wildman–Crippen LogP) is 3.60. The summed E-state index contributed by atoms with van der Waals surface area (Å²) in [5.74, 6) is 0.520.